The second-order valence-corrected chi connectivity index (χ2v) is 8.99. The number of hydrogen-bond donors (Lipinski definition) is 2. The van der Waals surface area contributed by atoms with Gasteiger partial charge in [0.05, 0.1) is 7.11 Å². The molecule has 0 heterocycles. The summed E-state index contributed by atoms with van der Waals surface area (Å²) in [6, 6.07) is 21.8. The van der Waals surface area contributed by atoms with Crippen molar-refractivity contribution < 1.29 is 14.3 Å². The first-order valence-corrected chi connectivity index (χ1v) is 12.7. The van der Waals surface area contributed by atoms with Crippen molar-refractivity contribution in [2.75, 3.05) is 30.4 Å². The Hall–Kier alpha value is -3.51. The number of aryl methyl sites for hydroxylation is 1. The molecule has 0 aliphatic heterocycles. The summed E-state index contributed by atoms with van der Waals surface area (Å²) in [7, 11) is 1.60. The van der Waals surface area contributed by atoms with E-state index in [-0.39, 0.29) is 11.9 Å². The van der Waals surface area contributed by atoms with Crippen LogP contribution in [-0.2, 0) is 6.42 Å². The molecule has 3 aromatic carbocycles. The van der Waals surface area contributed by atoms with Crippen LogP contribution in [0.15, 0.2) is 72.8 Å². The molecule has 0 aliphatic rings. The molecule has 0 bridgehead atoms. The molecular weight excluding hydrogens is 474 g/mol. The van der Waals surface area contributed by atoms with E-state index in [1.807, 2.05) is 48.5 Å². The summed E-state index contributed by atoms with van der Waals surface area (Å²) in [5.74, 6) is 0.590. The Morgan fingerprint density at radius 3 is 2.36 bits per heavy atom. The van der Waals surface area contributed by atoms with Gasteiger partial charge in [-0.2, -0.15) is 0 Å². The van der Waals surface area contributed by atoms with Crippen molar-refractivity contribution in [3.8, 4) is 5.75 Å². The zero-order chi connectivity index (χ0) is 25.8. The van der Waals surface area contributed by atoms with Crippen LogP contribution in [0.1, 0.15) is 48.5 Å². The molecule has 3 aromatic rings. The van der Waals surface area contributed by atoms with Gasteiger partial charge in [-0.3, -0.25) is 9.69 Å². The van der Waals surface area contributed by atoms with Gasteiger partial charge < -0.3 is 15.4 Å². The highest BCUT2D eigenvalue weighted by molar-refractivity contribution is 6.30. The Balaban J connectivity index is 1.57. The molecular formula is C29H34ClN3O3. The van der Waals surface area contributed by atoms with Gasteiger partial charge in [0.15, 0.2) is 0 Å². The third-order valence-electron chi connectivity index (χ3n) is 5.83. The average Bonchev–Trinajstić information content (AvgIpc) is 2.89. The Bertz CT molecular complexity index is 1120. The van der Waals surface area contributed by atoms with Crippen molar-refractivity contribution in [3.63, 3.8) is 0 Å². The number of nitrogens with one attached hydrogen (secondary N) is 2. The molecule has 3 rings (SSSR count). The summed E-state index contributed by atoms with van der Waals surface area (Å²) in [4.78, 5) is 27.3. The highest BCUT2D eigenvalue weighted by Crippen LogP contribution is 2.22. The predicted octanol–water partition coefficient (Wildman–Crippen LogP) is 6.94. The van der Waals surface area contributed by atoms with Gasteiger partial charge in [-0.15, -0.1) is 0 Å². The monoisotopic (exact) mass is 507 g/mol. The number of rotatable bonds is 12. The van der Waals surface area contributed by atoms with Crippen LogP contribution in [0.2, 0.25) is 5.02 Å². The average molecular weight is 508 g/mol. The zero-order valence-corrected chi connectivity index (χ0v) is 21.7. The maximum Gasteiger partial charge on any atom is 0.326 e. The molecule has 0 saturated heterocycles. The summed E-state index contributed by atoms with van der Waals surface area (Å²) in [5.41, 5.74) is 3.22. The fourth-order valence-corrected chi connectivity index (χ4v) is 4.00. The molecule has 0 radical (unpaired) electrons. The lowest BCUT2D eigenvalue weighted by Crippen LogP contribution is -2.37. The van der Waals surface area contributed by atoms with Gasteiger partial charge in [-0.05, 0) is 79.4 Å². The number of methoxy groups -OCH3 is 1. The van der Waals surface area contributed by atoms with Gasteiger partial charge in [-0.25, -0.2) is 4.79 Å². The molecule has 36 heavy (non-hydrogen) atoms. The summed E-state index contributed by atoms with van der Waals surface area (Å²) in [6.07, 6.45) is 5.19. The van der Waals surface area contributed by atoms with Crippen molar-refractivity contribution in [1.82, 2.24) is 5.32 Å². The lowest BCUT2D eigenvalue weighted by molar-refractivity contribution is 0.0953. The Morgan fingerprint density at radius 2 is 1.69 bits per heavy atom. The van der Waals surface area contributed by atoms with E-state index >= 15 is 0 Å². The van der Waals surface area contributed by atoms with E-state index in [0.717, 1.165) is 18.5 Å². The van der Waals surface area contributed by atoms with Crippen LogP contribution in [0.5, 0.6) is 5.75 Å². The number of halogens is 1. The molecule has 0 fully saturated rings. The number of benzene rings is 3. The minimum absolute atomic E-state index is 0.116. The SMILES string of the molecule is CCCCCc1ccc(C(=O)NCCCN(C(=O)Nc2cccc(Cl)c2)c2ccc(OC)cc2)cc1. The fourth-order valence-electron chi connectivity index (χ4n) is 3.81. The number of unbranched alkanes of at least 4 members (excludes halogenated alkanes) is 2. The van der Waals surface area contributed by atoms with E-state index in [1.54, 1.807) is 36.3 Å². The summed E-state index contributed by atoms with van der Waals surface area (Å²) in [6.45, 7) is 3.04. The molecule has 190 valence electrons. The number of ether oxygens (including phenoxy) is 1. The van der Waals surface area contributed by atoms with E-state index in [9.17, 15) is 9.59 Å². The first-order valence-electron chi connectivity index (χ1n) is 12.4. The highest BCUT2D eigenvalue weighted by atomic mass is 35.5. The molecule has 0 atom stereocenters. The largest absolute Gasteiger partial charge is 0.497 e. The summed E-state index contributed by atoms with van der Waals surface area (Å²) < 4.78 is 5.24. The predicted molar refractivity (Wildman–Crippen MR) is 147 cm³/mol. The first kappa shape index (κ1) is 27.1. The van der Waals surface area contributed by atoms with Crippen LogP contribution in [-0.4, -0.2) is 32.1 Å². The van der Waals surface area contributed by atoms with E-state index in [4.69, 9.17) is 16.3 Å². The van der Waals surface area contributed by atoms with Crippen molar-refractivity contribution in [2.45, 2.75) is 39.0 Å². The van der Waals surface area contributed by atoms with Gasteiger partial charge in [0, 0.05) is 35.1 Å². The van der Waals surface area contributed by atoms with Gasteiger partial charge in [0.25, 0.3) is 5.91 Å². The Morgan fingerprint density at radius 1 is 0.944 bits per heavy atom. The van der Waals surface area contributed by atoms with E-state index in [0.29, 0.717) is 41.5 Å². The minimum atomic E-state index is -0.285. The van der Waals surface area contributed by atoms with Crippen molar-refractivity contribution in [1.29, 1.82) is 0 Å². The standard InChI is InChI=1S/C29H34ClN3O3/c1-3-4-5-8-22-11-13-23(14-12-22)28(34)31-19-7-20-33(26-15-17-27(36-2)18-16-26)29(35)32-25-10-6-9-24(30)21-25/h6,9-18,21H,3-5,7-8,19-20H2,1-2H3,(H,31,34)(H,32,35). The van der Waals surface area contributed by atoms with Gasteiger partial charge >= 0.3 is 6.03 Å². The van der Waals surface area contributed by atoms with E-state index in [1.165, 1.54) is 18.4 Å². The number of hydrogen-bond acceptors (Lipinski definition) is 3. The number of anilines is 2. The van der Waals surface area contributed by atoms with E-state index in [2.05, 4.69) is 17.6 Å². The molecule has 7 heteroatoms. The van der Waals surface area contributed by atoms with Crippen LogP contribution in [0, 0.1) is 0 Å². The first-order chi connectivity index (χ1) is 17.5. The maximum absolute atomic E-state index is 13.1. The molecule has 0 saturated carbocycles. The van der Waals surface area contributed by atoms with Crippen LogP contribution >= 0.6 is 11.6 Å². The number of carbonyl (C=O) groups is 2. The second-order valence-electron chi connectivity index (χ2n) is 8.55. The lowest BCUT2D eigenvalue weighted by atomic mass is 10.1. The molecule has 3 amide bonds. The zero-order valence-electron chi connectivity index (χ0n) is 20.9. The highest BCUT2D eigenvalue weighted by Gasteiger charge is 2.16. The molecule has 0 aliphatic carbocycles. The minimum Gasteiger partial charge on any atom is -0.497 e. The van der Waals surface area contributed by atoms with Crippen molar-refractivity contribution >= 4 is 34.9 Å². The van der Waals surface area contributed by atoms with E-state index < -0.39 is 0 Å². The summed E-state index contributed by atoms with van der Waals surface area (Å²) in [5, 5.41) is 6.39. The Kier molecular flexibility index (Phi) is 10.6. The topological polar surface area (TPSA) is 70.7 Å². The Labute approximate surface area is 218 Å². The number of nitrogens with zero attached hydrogens (tertiary/aromatic N) is 1. The smallest absolute Gasteiger partial charge is 0.326 e. The molecule has 6 nitrogen and oxygen atoms in total. The van der Waals surface area contributed by atoms with Crippen LogP contribution in [0.3, 0.4) is 0 Å². The van der Waals surface area contributed by atoms with Gasteiger partial charge in [0.1, 0.15) is 5.75 Å². The molecule has 0 spiro atoms. The second kappa shape index (κ2) is 14.1. The van der Waals surface area contributed by atoms with Crippen molar-refractivity contribution in [3.05, 3.63) is 88.9 Å². The number of amides is 3. The fraction of sp³-hybridized carbons (Fsp3) is 0.310. The van der Waals surface area contributed by atoms with Crippen molar-refractivity contribution in [2.24, 2.45) is 0 Å². The number of carbonyl (C=O) groups excluding carboxylic acids is 2. The van der Waals surface area contributed by atoms with Gasteiger partial charge in [-0.1, -0.05) is 49.6 Å². The summed E-state index contributed by atoms with van der Waals surface area (Å²) >= 11 is 6.06. The third-order valence-corrected chi connectivity index (χ3v) is 6.07. The lowest BCUT2D eigenvalue weighted by Gasteiger charge is -2.24. The van der Waals surface area contributed by atoms with Crippen LogP contribution in [0.25, 0.3) is 0 Å². The molecule has 2 N–H and O–H groups in total. The molecule has 0 aromatic heterocycles. The van der Waals surface area contributed by atoms with Crippen LogP contribution < -0.4 is 20.3 Å². The third kappa shape index (κ3) is 8.31. The number of urea groups is 1. The maximum atomic E-state index is 13.1. The quantitative estimate of drug-likeness (QED) is 0.261. The van der Waals surface area contributed by atoms with Crippen LogP contribution in [0.4, 0.5) is 16.2 Å². The van der Waals surface area contributed by atoms with Gasteiger partial charge in [0.2, 0.25) is 0 Å². The molecule has 0 unspecified atom stereocenters. The normalized spacial score (nSPS) is 10.5.